The minimum absolute atomic E-state index is 0.616. The molecule has 0 saturated carbocycles. The van der Waals surface area contributed by atoms with Crippen LogP contribution in [0.25, 0.3) is 10.9 Å². The molecule has 0 amide bonds. The zero-order valence-electron chi connectivity index (χ0n) is 16.4. The fraction of sp³-hybridized carbons (Fsp3) is 0.435. The zero-order chi connectivity index (χ0) is 19.0. The summed E-state index contributed by atoms with van der Waals surface area (Å²) in [5, 5.41) is 1.02. The van der Waals surface area contributed by atoms with E-state index in [2.05, 4.69) is 42.7 Å². The van der Waals surface area contributed by atoms with Crippen molar-refractivity contribution in [2.75, 3.05) is 7.11 Å². The Kier molecular flexibility index (Phi) is 4.81. The van der Waals surface area contributed by atoms with E-state index in [1.54, 1.807) is 0 Å². The minimum atomic E-state index is -0.660. The van der Waals surface area contributed by atoms with Gasteiger partial charge >= 0.3 is 6.16 Å². The molecular weight excluding hydrogens is 338 g/mol. The Bertz CT molecular complexity index is 948. The van der Waals surface area contributed by atoms with Gasteiger partial charge in [0, 0.05) is 17.6 Å². The monoisotopic (exact) mass is 365 g/mol. The molecule has 0 bridgehead atoms. The lowest BCUT2D eigenvalue weighted by molar-refractivity contribution is 0.122. The molecule has 0 spiro atoms. The SMILES string of the molecule is CCc1cc2c(OC(=O)OC)cc3c(c2n1CC1=CCC(C)C=C1)CCC3. The van der Waals surface area contributed by atoms with Crippen LogP contribution in [0.5, 0.6) is 5.75 Å². The van der Waals surface area contributed by atoms with Gasteiger partial charge in [0.25, 0.3) is 0 Å². The second-order valence-electron chi connectivity index (χ2n) is 7.61. The normalized spacial score (nSPS) is 18.5. The van der Waals surface area contributed by atoms with E-state index in [-0.39, 0.29) is 0 Å². The van der Waals surface area contributed by atoms with Crippen molar-refractivity contribution in [2.45, 2.75) is 52.5 Å². The molecule has 4 rings (SSSR count). The Balaban J connectivity index is 1.85. The first-order valence-corrected chi connectivity index (χ1v) is 9.90. The number of aryl methyl sites for hydroxylation is 3. The molecule has 2 aromatic rings. The molecule has 1 unspecified atom stereocenters. The lowest BCUT2D eigenvalue weighted by atomic mass is 9.98. The van der Waals surface area contributed by atoms with Gasteiger partial charge in [-0.25, -0.2) is 4.79 Å². The summed E-state index contributed by atoms with van der Waals surface area (Å²) in [6.07, 6.45) is 11.6. The summed E-state index contributed by atoms with van der Waals surface area (Å²) in [5.74, 6) is 1.23. The third-order valence-electron chi connectivity index (χ3n) is 5.75. The van der Waals surface area contributed by atoms with Gasteiger partial charge in [0.05, 0.1) is 12.6 Å². The summed E-state index contributed by atoms with van der Waals surface area (Å²) in [6, 6.07) is 4.22. The summed E-state index contributed by atoms with van der Waals surface area (Å²) in [5.41, 5.74) is 6.56. The summed E-state index contributed by atoms with van der Waals surface area (Å²) in [4.78, 5) is 11.8. The summed E-state index contributed by atoms with van der Waals surface area (Å²) < 4.78 is 12.7. The number of rotatable bonds is 4. The number of ether oxygens (including phenoxy) is 2. The Morgan fingerprint density at radius 3 is 2.85 bits per heavy atom. The Hall–Kier alpha value is -2.49. The maximum atomic E-state index is 11.8. The Morgan fingerprint density at radius 2 is 2.15 bits per heavy atom. The highest BCUT2D eigenvalue weighted by molar-refractivity contribution is 5.93. The average Bonchev–Trinajstić information content (AvgIpc) is 3.27. The van der Waals surface area contributed by atoms with Gasteiger partial charge in [0.1, 0.15) is 5.75 Å². The largest absolute Gasteiger partial charge is 0.513 e. The van der Waals surface area contributed by atoms with Crippen molar-refractivity contribution in [3.05, 3.63) is 52.8 Å². The Labute approximate surface area is 160 Å². The molecule has 0 radical (unpaired) electrons. The lowest BCUT2D eigenvalue weighted by Gasteiger charge is -2.17. The number of methoxy groups -OCH3 is 1. The molecule has 0 N–H and O–H groups in total. The van der Waals surface area contributed by atoms with E-state index >= 15 is 0 Å². The molecule has 2 aliphatic rings. The maximum Gasteiger partial charge on any atom is 0.513 e. The highest BCUT2D eigenvalue weighted by Gasteiger charge is 2.24. The number of carbonyl (C=O) groups excluding carboxylic acids is 1. The van der Waals surface area contributed by atoms with E-state index in [9.17, 15) is 4.79 Å². The van der Waals surface area contributed by atoms with Crippen LogP contribution in [0.15, 0.2) is 35.9 Å². The van der Waals surface area contributed by atoms with Crippen LogP contribution in [0, 0.1) is 5.92 Å². The van der Waals surface area contributed by atoms with Crippen LogP contribution in [0.3, 0.4) is 0 Å². The third kappa shape index (κ3) is 3.29. The predicted octanol–water partition coefficient (Wildman–Crippen LogP) is 5.36. The number of hydrogen-bond donors (Lipinski definition) is 0. The lowest BCUT2D eigenvalue weighted by Crippen LogP contribution is -2.09. The quantitative estimate of drug-likeness (QED) is 0.541. The van der Waals surface area contributed by atoms with Crippen molar-refractivity contribution < 1.29 is 14.3 Å². The van der Waals surface area contributed by atoms with Crippen LogP contribution in [-0.4, -0.2) is 17.8 Å². The molecule has 1 atom stereocenters. The summed E-state index contributed by atoms with van der Waals surface area (Å²) in [6.45, 7) is 5.29. The third-order valence-corrected chi connectivity index (χ3v) is 5.75. The van der Waals surface area contributed by atoms with Gasteiger partial charge in [-0.1, -0.05) is 32.1 Å². The van der Waals surface area contributed by atoms with Crippen molar-refractivity contribution in [1.82, 2.24) is 4.57 Å². The van der Waals surface area contributed by atoms with E-state index in [0.717, 1.165) is 44.0 Å². The topological polar surface area (TPSA) is 40.5 Å². The molecule has 2 aliphatic carbocycles. The first kappa shape index (κ1) is 17.9. The summed E-state index contributed by atoms with van der Waals surface area (Å²) in [7, 11) is 1.35. The fourth-order valence-corrected chi connectivity index (χ4v) is 4.31. The second-order valence-corrected chi connectivity index (χ2v) is 7.61. The van der Waals surface area contributed by atoms with Gasteiger partial charge < -0.3 is 14.0 Å². The average molecular weight is 365 g/mol. The van der Waals surface area contributed by atoms with E-state index < -0.39 is 6.16 Å². The number of aromatic nitrogens is 1. The standard InChI is InChI=1S/C23H27NO3/c1-4-18-13-20-21(27-23(25)26-3)12-17-6-5-7-19(17)22(20)24(18)14-16-10-8-15(2)9-11-16/h8,10-13,15H,4-7,9,14H2,1-3H3. The number of fused-ring (bicyclic) bond motifs is 3. The van der Waals surface area contributed by atoms with Crippen LogP contribution < -0.4 is 4.74 Å². The van der Waals surface area contributed by atoms with Crippen molar-refractivity contribution in [3.8, 4) is 5.75 Å². The minimum Gasteiger partial charge on any atom is -0.437 e. The molecule has 4 nitrogen and oxygen atoms in total. The number of benzene rings is 1. The molecular formula is C23H27NO3. The van der Waals surface area contributed by atoms with Crippen LogP contribution in [0.1, 0.15) is 43.5 Å². The van der Waals surface area contributed by atoms with Crippen molar-refractivity contribution in [1.29, 1.82) is 0 Å². The highest BCUT2D eigenvalue weighted by atomic mass is 16.7. The van der Waals surface area contributed by atoms with Gasteiger partial charge in [-0.3, -0.25) is 0 Å². The van der Waals surface area contributed by atoms with Gasteiger partial charge in [-0.05, 0) is 66.9 Å². The molecule has 0 aliphatic heterocycles. The number of hydrogen-bond acceptors (Lipinski definition) is 3. The Morgan fingerprint density at radius 1 is 1.30 bits per heavy atom. The van der Waals surface area contributed by atoms with Crippen molar-refractivity contribution in [3.63, 3.8) is 0 Å². The van der Waals surface area contributed by atoms with Gasteiger partial charge in [-0.15, -0.1) is 0 Å². The number of allylic oxidation sites excluding steroid dienone is 4. The first-order chi connectivity index (χ1) is 13.1. The molecule has 142 valence electrons. The van der Waals surface area contributed by atoms with Crippen molar-refractivity contribution >= 4 is 17.1 Å². The van der Waals surface area contributed by atoms with Crippen LogP contribution in [-0.2, 0) is 30.5 Å². The van der Waals surface area contributed by atoms with Crippen LogP contribution in [0.2, 0.25) is 0 Å². The molecule has 0 fully saturated rings. The van der Waals surface area contributed by atoms with E-state index in [0.29, 0.717) is 11.7 Å². The molecule has 1 heterocycles. The predicted molar refractivity (Wildman–Crippen MR) is 107 cm³/mol. The van der Waals surface area contributed by atoms with Crippen molar-refractivity contribution in [2.24, 2.45) is 5.92 Å². The summed E-state index contributed by atoms with van der Waals surface area (Å²) >= 11 is 0. The molecule has 27 heavy (non-hydrogen) atoms. The molecule has 4 heteroatoms. The number of carbonyl (C=O) groups is 1. The van der Waals surface area contributed by atoms with E-state index in [1.165, 1.54) is 35.0 Å². The van der Waals surface area contributed by atoms with E-state index in [1.807, 2.05) is 6.07 Å². The van der Waals surface area contributed by atoms with Gasteiger partial charge in [-0.2, -0.15) is 0 Å². The van der Waals surface area contributed by atoms with Crippen LogP contribution >= 0.6 is 0 Å². The van der Waals surface area contributed by atoms with Gasteiger partial charge in [0.2, 0.25) is 0 Å². The van der Waals surface area contributed by atoms with Crippen LogP contribution in [0.4, 0.5) is 4.79 Å². The fourth-order valence-electron chi connectivity index (χ4n) is 4.31. The molecule has 1 aromatic heterocycles. The zero-order valence-corrected chi connectivity index (χ0v) is 16.4. The highest BCUT2D eigenvalue weighted by Crippen LogP contribution is 2.39. The van der Waals surface area contributed by atoms with Gasteiger partial charge in [0.15, 0.2) is 0 Å². The molecule has 1 aromatic carbocycles. The smallest absolute Gasteiger partial charge is 0.437 e. The second kappa shape index (κ2) is 7.26. The number of nitrogens with zero attached hydrogens (tertiary/aromatic N) is 1. The first-order valence-electron chi connectivity index (χ1n) is 9.90. The molecule has 0 saturated heterocycles. The van der Waals surface area contributed by atoms with E-state index in [4.69, 9.17) is 9.47 Å². The maximum absolute atomic E-state index is 11.8.